The van der Waals surface area contributed by atoms with E-state index in [9.17, 15) is 24.7 Å². The first-order chi connectivity index (χ1) is 17.9. The number of hydrogen-bond donors (Lipinski definition) is 2. The van der Waals surface area contributed by atoms with E-state index in [0.29, 0.717) is 12.8 Å². The Labute approximate surface area is 210 Å². The van der Waals surface area contributed by atoms with Gasteiger partial charge in [-0.25, -0.2) is 9.59 Å². The van der Waals surface area contributed by atoms with Gasteiger partial charge >= 0.3 is 11.3 Å². The molecule has 0 unspecified atom stereocenters. The van der Waals surface area contributed by atoms with E-state index in [0.717, 1.165) is 11.1 Å². The van der Waals surface area contributed by atoms with Crippen LogP contribution < -0.4 is 11.3 Å². The second-order valence-corrected chi connectivity index (χ2v) is 8.79. The minimum Gasteiger partial charge on any atom is -0.507 e. The molecular formula is C29H23NO7. The third-order valence-electron chi connectivity index (χ3n) is 6.66. The zero-order chi connectivity index (χ0) is 26.3. The molecule has 3 aromatic carbocycles. The Kier molecular flexibility index (Phi) is 6.09. The van der Waals surface area contributed by atoms with Gasteiger partial charge in [0.2, 0.25) is 0 Å². The molecule has 0 aliphatic rings. The molecule has 0 amide bonds. The van der Waals surface area contributed by atoms with Crippen LogP contribution in [0.25, 0.3) is 21.9 Å². The number of fused-ring (bicyclic) bond motifs is 2. The molecule has 0 radical (unpaired) electrons. The van der Waals surface area contributed by atoms with Crippen molar-refractivity contribution in [3.63, 3.8) is 0 Å². The highest BCUT2D eigenvalue weighted by molar-refractivity contribution is 5.87. The molecule has 2 N–H and O–H groups in total. The largest absolute Gasteiger partial charge is 0.507 e. The highest BCUT2D eigenvalue weighted by Crippen LogP contribution is 2.42. The Bertz CT molecular complexity index is 1690. The predicted molar refractivity (Wildman–Crippen MR) is 140 cm³/mol. The number of nitroso groups, excluding NO2 is 1. The van der Waals surface area contributed by atoms with Gasteiger partial charge in [-0.2, -0.15) is 0 Å². The monoisotopic (exact) mass is 497 g/mol. The first kappa shape index (κ1) is 24.0. The SMILES string of the molecule is CCc1ccc2oc(=O)c(C(c3cccc(N=O)c3)c3c(O)c4cc(CC)ccc4oc3=O)c(O)c2c1. The summed E-state index contributed by atoms with van der Waals surface area (Å²) in [6.07, 6.45) is 1.35. The lowest BCUT2D eigenvalue weighted by atomic mass is 9.84. The van der Waals surface area contributed by atoms with Gasteiger partial charge in [-0.15, -0.1) is 4.91 Å². The zero-order valence-electron chi connectivity index (χ0n) is 20.1. The Balaban J connectivity index is 1.91. The lowest BCUT2D eigenvalue weighted by Crippen LogP contribution is -2.21. The second-order valence-electron chi connectivity index (χ2n) is 8.79. The third kappa shape index (κ3) is 4.06. The van der Waals surface area contributed by atoms with Crippen LogP contribution in [0.1, 0.15) is 47.6 Å². The van der Waals surface area contributed by atoms with Crippen LogP contribution in [0, 0.1) is 4.91 Å². The highest BCUT2D eigenvalue weighted by Gasteiger charge is 2.32. The second kappa shape index (κ2) is 9.39. The van der Waals surface area contributed by atoms with Crippen LogP contribution in [0.2, 0.25) is 0 Å². The minimum atomic E-state index is -1.32. The standard InChI is InChI=1S/C29H23NO7/c1-3-15-8-10-21-19(12-15)26(31)24(28(33)36-21)23(17-6-5-7-18(14-17)30-35)25-27(32)20-13-16(4-2)9-11-22(20)37-29(25)34/h5-14,23,31-32H,3-4H2,1-2H3. The lowest BCUT2D eigenvalue weighted by Gasteiger charge is -2.20. The maximum absolute atomic E-state index is 13.3. The van der Waals surface area contributed by atoms with Crippen molar-refractivity contribution in [2.75, 3.05) is 0 Å². The van der Waals surface area contributed by atoms with Gasteiger partial charge in [0.25, 0.3) is 0 Å². The smallest absolute Gasteiger partial charge is 0.344 e. The average molecular weight is 498 g/mol. The van der Waals surface area contributed by atoms with Gasteiger partial charge in [-0.05, 0) is 71.1 Å². The summed E-state index contributed by atoms with van der Waals surface area (Å²) in [6, 6.07) is 16.1. The van der Waals surface area contributed by atoms with Crippen LogP contribution in [-0.2, 0) is 12.8 Å². The molecule has 0 spiro atoms. The molecule has 0 aliphatic heterocycles. The lowest BCUT2D eigenvalue weighted by molar-refractivity contribution is 0.441. The summed E-state index contributed by atoms with van der Waals surface area (Å²) in [5.41, 5.74) is 0.112. The van der Waals surface area contributed by atoms with Crippen molar-refractivity contribution < 1.29 is 19.0 Å². The normalized spacial score (nSPS) is 11.4. The van der Waals surface area contributed by atoms with E-state index in [-0.39, 0.29) is 44.3 Å². The molecule has 37 heavy (non-hydrogen) atoms. The van der Waals surface area contributed by atoms with Gasteiger partial charge in [-0.3, -0.25) is 0 Å². The number of benzene rings is 3. The van der Waals surface area contributed by atoms with E-state index < -0.39 is 28.7 Å². The molecule has 186 valence electrons. The fraction of sp³-hybridized carbons (Fsp3) is 0.172. The van der Waals surface area contributed by atoms with Gasteiger partial charge in [-0.1, -0.05) is 38.1 Å². The molecule has 0 atom stereocenters. The van der Waals surface area contributed by atoms with Crippen molar-refractivity contribution in [1.29, 1.82) is 0 Å². The summed E-state index contributed by atoms with van der Waals surface area (Å²) in [5, 5.41) is 26.3. The highest BCUT2D eigenvalue weighted by atomic mass is 16.4. The van der Waals surface area contributed by atoms with Crippen molar-refractivity contribution in [3.05, 3.63) is 114 Å². The van der Waals surface area contributed by atoms with Crippen molar-refractivity contribution in [2.45, 2.75) is 32.6 Å². The Morgan fingerprint density at radius 1 is 0.757 bits per heavy atom. The van der Waals surface area contributed by atoms with Crippen molar-refractivity contribution in [2.24, 2.45) is 5.18 Å². The van der Waals surface area contributed by atoms with Crippen LogP contribution in [0.3, 0.4) is 0 Å². The maximum Gasteiger partial charge on any atom is 0.344 e. The predicted octanol–water partition coefficient (Wildman–Crippen LogP) is 6.01. The molecule has 0 saturated carbocycles. The number of nitrogens with zero attached hydrogens (tertiary/aromatic N) is 1. The summed E-state index contributed by atoms with van der Waals surface area (Å²) in [4.78, 5) is 37.9. The number of aryl methyl sites for hydroxylation is 2. The quantitative estimate of drug-likeness (QED) is 0.217. The van der Waals surface area contributed by atoms with E-state index in [1.54, 1.807) is 42.5 Å². The molecule has 2 aromatic heterocycles. The fourth-order valence-corrected chi connectivity index (χ4v) is 4.68. The first-order valence-electron chi connectivity index (χ1n) is 11.9. The van der Waals surface area contributed by atoms with Crippen molar-refractivity contribution in [3.8, 4) is 11.5 Å². The van der Waals surface area contributed by atoms with Gasteiger partial charge in [0.15, 0.2) is 0 Å². The first-order valence-corrected chi connectivity index (χ1v) is 11.9. The van der Waals surface area contributed by atoms with Crippen LogP contribution in [0.4, 0.5) is 5.69 Å². The topological polar surface area (TPSA) is 130 Å². The number of hydrogen-bond acceptors (Lipinski definition) is 8. The molecule has 5 aromatic rings. The van der Waals surface area contributed by atoms with Crippen LogP contribution in [-0.4, -0.2) is 10.2 Å². The fourth-order valence-electron chi connectivity index (χ4n) is 4.68. The number of aromatic hydroxyl groups is 2. The molecule has 0 aliphatic carbocycles. The molecule has 0 saturated heterocycles. The molecule has 8 heteroatoms. The Hall–Kier alpha value is -4.72. The van der Waals surface area contributed by atoms with Gasteiger partial charge in [0, 0.05) is 0 Å². The van der Waals surface area contributed by atoms with E-state index in [2.05, 4.69) is 5.18 Å². The van der Waals surface area contributed by atoms with E-state index in [1.165, 1.54) is 18.2 Å². The summed E-state index contributed by atoms with van der Waals surface area (Å²) >= 11 is 0. The van der Waals surface area contributed by atoms with Gasteiger partial charge in [0.1, 0.15) is 28.4 Å². The molecule has 2 heterocycles. The Morgan fingerprint density at radius 2 is 1.27 bits per heavy atom. The Morgan fingerprint density at radius 3 is 1.73 bits per heavy atom. The van der Waals surface area contributed by atoms with Crippen molar-refractivity contribution >= 4 is 27.6 Å². The maximum atomic E-state index is 13.3. The summed E-state index contributed by atoms with van der Waals surface area (Å²) < 4.78 is 11.1. The van der Waals surface area contributed by atoms with E-state index in [4.69, 9.17) is 8.83 Å². The van der Waals surface area contributed by atoms with Crippen molar-refractivity contribution in [1.82, 2.24) is 0 Å². The zero-order valence-corrected chi connectivity index (χ0v) is 20.1. The summed E-state index contributed by atoms with van der Waals surface area (Å²) in [7, 11) is 0. The van der Waals surface area contributed by atoms with E-state index >= 15 is 0 Å². The van der Waals surface area contributed by atoms with E-state index in [1.807, 2.05) is 13.8 Å². The van der Waals surface area contributed by atoms with Crippen LogP contribution in [0.15, 0.2) is 84.3 Å². The van der Waals surface area contributed by atoms with Gasteiger partial charge in [0.05, 0.1) is 27.8 Å². The van der Waals surface area contributed by atoms with Crippen LogP contribution >= 0.6 is 0 Å². The molecule has 8 nitrogen and oxygen atoms in total. The molecule has 0 fully saturated rings. The van der Waals surface area contributed by atoms with Crippen LogP contribution in [0.5, 0.6) is 11.5 Å². The number of rotatable bonds is 6. The molecule has 5 rings (SSSR count). The average Bonchev–Trinajstić information content (AvgIpc) is 2.91. The molecule has 0 bridgehead atoms. The molecular weight excluding hydrogens is 474 g/mol. The van der Waals surface area contributed by atoms with Gasteiger partial charge < -0.3 is 19.0 Å². The minimum absolute atomic E-state index is 0.0402. The summed E-state index contributed by atoms with van der Waals surface area (Å²) in [5.74, 6) is -2.10. The third-order valence-corrected chi connectivity index (χ3v) is 6.66. The summed E-state index contributed by atoms with van der Waals surface area (Å²) in [6.45, 7) is 3.89.